The normalized spacial score (nSPS) is 14.2. The molecule has 0 fully saturated rings. The van der Waals surface area contributed by atoms with Gasteiger partial charge in [-0.15, -0.1) is 0 Å². The molecule has 0 aliphatic heterocycles. The molecule has 2 rings (SSSR count). The molecule has 40 heavy (non-hydrogen) atoms. The molecule has 0 heterocycles. The average molecular weight is 556 g/mol. The summed E-state index contributed by atoms with van der Waals surface area (Å²) in [6, 6.07) is 13.5. The van der Waals surface area contributed by atoms with Crippen LogP contribution in [0.4, 0.5) is 0 Å². The van der Waals surface area contributed by atoms with Crippen LogP contribution in [0.15, 0.2) is 54.6 Å². The minimum atomic E-state index is -1.31. The number of benzene rings is 2. The lowest BCUT2D eigenvalue weighted by atomic mass is 9.96. The Bertz CT molecular complexity index is 1120. The fraction of sp³-hybridized carbons (Fsp3) is 0.467. The van der Waals surface area contributed by atoms with Crippen LogP contribution in [0.25, 0.3) is 0 Å². The first-order valence-electron chi connectivity index (χ1n) is 13.5. The van der Waals surface area contributed by atoms with Gasteiger partial charge in [0, 0.05) is 13.0 Å². The molecule has 0 aromatic heterocycles. The minimum absolute atomic E-state index is 0.0908. The topological polar surface area (TPSA) is 165 Å². The van der Waals surface area contributed by atoms with Crippen LogP contribution in [-0.4, -0.2) is 63.3 Å². The summed E-state index contributed by atoms with van der Waals surface area (Å²) in [5, 5.41) is 38.4. The molecule has 10 heteroatoms. The molecule has 3 amide bonds. The summed E-state index contributed by atoms with van der Waals surface area (Å²) >= 11 is 0. The van der Waals surface area contributed by atoms with E-state index in [9.17, 15) is 29.4 Å². The van der Waals surface area contributed by atoms with Crippen molar-refractivity contribution >= 4 is 23.7 Å². The Hall–Kier alpha value is -3.76. The standard InChI is InChI=1S/C30H41N3O7/c1-18(2)14-23(32-28(37)25(35)15-20-8-6-5-7-9-20)24(34)16-26(36)33-27(19(3)4)29(38)31-17-21-10-12-22(13-11-21)30(39)40/h5-13,18-19,23-25,27,34-35H,14-17H2,1-4H3,(H,31,38)(H,32,37)(H,33,36)(H,39,40)/t23-,24-,25-,27-/m0/s1. The van der Waals surface area contributed by atoms with Crippen LogP contribution in [-0.2, 0) is 27.3 Å². The van der Waals surface area contributed by atoms with Gasteiger partial charge in [-0.05, 0) is 41.5 Å². The number of rotatable bonds is 15. The lowest BCUT2D eigenvalue weighted by Gasteiger charge is -2.28. The summed E-state index contributed by atoms with van der Waals surface area (Å²) in [6.07, 6.45) is -2.40. The molecule has 2 aromatic carbocycles. The Morgan fingerprint density at radius 1 is 0.800 bits per heavy atom. The number of hydrogen-bond acceptors (Lipinski definition) is 6. The molecule has 4 atom stereocenters. The van der Waals surface area contributed by atoms with Crippen LogP contribution in [0.2, 0.25) is 0 Å². The zero-order valence-electron chi connectivity index (χ0n) is 23.5. The molecule has 0 spiro atoms. The van der Waals surface area contributed by atoms with Gasteiger partial charge in [-0.2, -0.15) is 0 Å². The largest absolute Gasteiger partial charge is 0.478 e. The van der Waals surface area contributed by atoms with Crippen molar-refractivity contribution in [2.75, 3.05) is 0 Å². The number of carbonyl (C=O) groups excluding carboxylic acids is 3. The molecule has 0 bridgehead atoms. The quantitative estimate of drug-likeness (QED) is 0.196. The van der Waals surface area contributed by atoms with Crippen molar-refractivity contribution < 1.29 is 34.5 Å². The summed E-state index contributed by atoms with van der Waals surface area (Å²) in [7, 11) is 0. The summed E-state index contributed by atoms with van der Waals surface area (Å²) in [5.41, 5.74) is 1.63. The minimum Gasteiger partial charge on any atom is -0.478 e. The number of amides is 3. The molecule has 0 unspecified atom stereocenters. The average Bonchev–Trinajstić information content (AvgIpc) is 2.90. The van der Waals surface area contributed by atoms with Crippen molar-refractivity contribution in [2.24, 2.45) is 11.8 Å². The molecule has 0 saturated heterocycles. The van der Waals surface area contributed by atoms with E-state index in [1.165, 1.54) is 12.1 Å². The van der Waals surface area contributed by atoms with E-state index in [4.69, 9.17) is 5.11 Å². The number of hydrogen-bond donors (Lipinski definition) is 6. The number of nitrogens with one attached hydrogen (secondary N) is 3. The third-order valence-corrected chi connectivity index (χ3v) is 6.42. The number of aliphatic hydroxyl groups excluding tert-OH is 2. The molecule has 0 radical (unpaired) electrons. The lowest BCUT2D eigenvalue weighted by Crippen LogP contribution is -2.52. The molecule has 0 saturated carbocycles. The molecule has 6 N–H and O–H groups in total. The van der Waals surface area contributed by atoms with E-state index in [2.05, 4.69) is 16.0 Å². The van der Waals surface area contributed by atoms with Crippen LogP contribution in [0, 0.1) is 11.8 Å². The van der Waals surface area contributed by atoms with E-state index in [0.717, 1.165) is 5.56 Å². The molecule has 10 nitrogen and oxygen atoms in total. The molecular formula is C30H41N3O7. The van der Waals surface area contributed by atoms with E-state index in [0.29, 0.717) is 12.0 Å². The van der Waals surface area contributed by atoms with Crippen LogP contribution < -0.4 is 16.0 Å². The molecule has 2 aromatic rings. The fourth-order valence-corrected chi connectivity index (χ4v) is 4.19. The monoisotopic (exact) mass is 555 g/mol. The highest BCUT2D eigenvalue weighted by atomic mass is 16.4. The second-order valence-electron chi connectivity index (χ2n) is 10.7. The Balaban J connectivity index is 1.96. The van der Waals surface area contributed by atoms with E-state index in [1.54, 1.807) is 38.1 Å². The highest BCUT2D eigenvalue weighted by Gasteiger charge is 2.29. The van der Waals surface area contributed by atoms with Crippen LogP contribution in [0.3, 0.4) is 0 Å². The summed E-state index contributed by atoms with van der Waals surface area (Å²) < 4.78 is 0. The van der Waals surface area contributed by atoms with Gasteiger partial charge in [0.05, 0.1) is 24.1 Å². The number of aromatic carboxylic acids is 1. The van der Waals surface area contributed by atoms with Crippen LogP contribution in [0.5, 0.6) is 0 Å². The highest BCUT2D eigenvalue weighted by molar-refractivity contribution is 5.88. The zero-order valence-corrected chi connectivity index (χ0v) is 23.5. The summed E-state index contributed by atoms with van der Waals surface area (Å²) in [5.74, 6) is -2.82. The van der Waals surface area contributed by atoms with Gasteiger partial charge in [0.25, 0.3) is 0 Å². The third-order valence-electron chi connectivity index (χ3n) is 6.42. The van der Waals surface area contributed by atoms with E-state index in [1.807, 2.05) is 32.0 Å². The van der Waals surface area contributed by atoms with Gasteiger partial charge in [-0.1, -0.05) is 70.2 Å². The van der Waals surface area contributed by atoms with Gasteiger partial charge in [-0.3, -0.25) is 14.4 Å². The first kappa shape index (κ1) is 32.5. The van der Waals surface area contributed by atoms with Crippen molar-refractivity contribution in [3.8, 4) is 0 Å². The van der Waals surface area contributed by atoms with Crippen molar-refractivity contribution in [1.29, 1.82) is 0 Å². The van der Waals surface area contributed by atoms with Crippen molar-refractivity contribution in [3.63, 3.8) is 0 Å². The number of carbonyl (C=O) groups is 4. The van der Waals surface area contributed by atoms with Crippen LogP contribution >= 0.6 is 0 Å². The fourth-order valence-electron chi connectivity index (χ4n) is 4.19. The number of aliphatic hydroxyl groups is 2. The Morgan fingerprint density at radius 2 is 1.43 bits per heavy atom. The Labute approximate surface area is 235 Å². The first-order chi connectivity index (χ1) is 18.9. The molecule has 218 valence electrons. The van der Waals surface area contributed by atoms with Gasteiger partial charge in [0.15, 0.2) is 0 Å². The van der Waals surface area contributed by atoms with Crippen LogP contribution in [0.1, 0.15) is 62.0 Å². The zero-order chi connectivity index (χ0) is 29.8. The van der Waals surface area contributed by atoms with Crippen molar-refractivity contribution in [3.05, 3.63) is 71.3 Å². The maximum atomic E-state index is 12.8. The van der Waals surface area contributed by atoms with Gasteiger partial charge >= 0.3 is 5.97 Å². The van der Waals surface area contributed by atoms with E-state index < -0.39 is 48.0 Å². The second kappa shape index (κ2) is 15.7. The maximum Gasteiger partial charge on any atom is 0.335 e. The SMILES string of the molecule is CC(C)C[C@H](NC(=O)[C@@H](O)Cc1ccccc1)[C@@H](O)CC(=O)N[C@H](C(=O)NCc1ccc(C(=O)O)cc1)C(C)C. The molecular weight excluding hydrogens is 514 g/mol. The van der Waals surface area contributed by atoms with Crippen molar-refractivity contribution in [2.45, 2.75) is 77.8 Å². The van der Waals surface area contributed by atoms with Gasteiger partial charge in [0.2, 0.25) is 17.7 Å². The third kappa shape index (κ3) is 10.8. The van der Waals surface area contributed by atoms with E-state index in [-0.39, 0.29) is 36.8 Å². The van der Waals surface area contributed by atoms with Gasteiger partial charge in [-0.25, -0.2) is 4.79 Å². The van der Waals surface area contributed by atoms with E-state index >= 15 is 0 Å². The maximum absolute atomic E-state index is 12.8. The smallest absolute Gasteiger partial charge is 0.335 e. The molecule has 0 aliphatic carbocycles. The predicted molar refractivity (Wildman–Crippen MR) is 150 cm³/mol. The second-order valence-corrected chi connectivity index (χ2v) is 10.7. The molecule has 0 aliphatic rings. The van der Waals surface area contributed by atoms with Gasteiger partial charge in [0.1, 0.15) is 12.1 Å². The first-order valence-corrected chi connectivity index (χ1v) is 13.5. The van der Waals surface area contributed by atoms with Crippen molar-refractivity contribution in [1.82, 2.24) is 16.0 Å². The summed E-state index contributed by atoms with van der Waals surface area (Å²) in [4.78, 5) is 49.3. The Morgan fingerprint density at radius 3 is 1.98 bits per heavy atom. The Kier molecular flexibility index (Phi) is 12.8. The lowest BCUT2D eigenvalue weighted by molar-refractivity contribution is -0.133. The number of carboxylic acids is 1. The summed E-state index contributed by atoms with van der Waals surface area (Å²) in [6.45, 7) is 7.53. The number of carboxylic acid groups (broad SMARTS) is 1. The highest BCUT2D eigenvalue weighted by Crippen LogP contribution is 2.13. The predicted octanol–water partition coefficient (Wildman–Crippen LogP) is 2.03. The van der Waals surface area contributed by atoms with Gasteiger partial charge < -0.3 is 31.3 Å².